The van der Waals surface area contributed by atoms with Gasteiger partial charge in [-0.05, 0) is 11.5 Å². The zero-order valence-corrected chi connectivity index (χ0v) is 8.63. The van der Waals surface area contributed by atoms with E-state index in [0.29, 0.717) is 0 Å². The van der Waals surface area contributed by atoms with Gasteiger partial charge in [0.15, 0.2) is 4.88 Å². The Labute approximate surface area is 94.6 Å². The van der Waals surface area contributed by atoms with Gasteiger partial charge in [0.2, 0.25) is 11.2 Å². The molecule has 0 aliphatic rings. The highest BCUT2D eigenvalue weighted by Gasteiger charge is 2.38. The van der Waals surface area contributed by atoms with Crippen LogP contribution >= 0.6 is 11.5 Å². The van der Waals surface area contributed by atoms with Crippen LogP contribution in [0.1, 0.15) is 4.88 Å². The van der Waals surface area contributed by atoms with Crippen LogP contribution in [0.25, 0.3) is 22.5 Å². The summed E-state index contributed by atoms with van der Waals surface area (Å²) in [4.78, 5) is 1.76. The van der Waals surface area contributed by atoms with Crippen LogP contribution in [-0.2, 0) is 6.18 Å². The number of rotatable bonds is 1. The highest BCUT2D eigenvalue weighted by Crippen LogP contribution is 2.39. The van der Waals surface area contributed by atoms with Crippen LogP contribution < -0.4 is 0 Å². The van der Waals surface area contributed by atoms with Gasteiger partial charge in [0.25, 0.3) is 0 Å². The third-order valence-corrected chi connectivity index (χ3v) is 2.86. The van der Waals surface area contributed by atoms with Crippen molar-refractivity contribution < 1.29 is 17.7 Å². The first kappa shape index (κ1) is 10.2. The molecule has 17 heavy (non-hydrogen) atoms. The van der Waals surface area contributed by atoms with E-state index >= 15 is 0 Å². The number of fused-ring (bicyclic) bond motifs is 1. The lowest BCUT2D eigenvalue weighted by molar-refractivity contribution is -0.134. The van der Waals surface area contributed by atoms with E-state index < -0.39 is 11.1 Å². The smallest absolute Gasteiger partial charge is 0.341 e. The maximum atomic E-state index is 12.7. The number of halogens is 3. The molecule has 0 spiro atoms. The van der Waals surface area contributed by atoms with Crippen molar-refractivity contribution in [2.45, 2.75) is 6.18 Å². The quantitative estimate of drug-likeness (QED) is 0.725. The minimum atomic E-state index is -4.50. The molecule has 0 saturated heterocycles. The first-order valence-electron chi connectivity index (χ1n) is 4.26. The van der Waals surface area contributed by atoms with Gasteiger partial charge in [-0.25, -0.2) is 0 Å². The van der Waals surface area contributed by atoms with Gasteiger partial charge in [0.05, 0.1) is 5.56 Å². The highest BCUT2D eigenvalue weighted by atomic mass is 32.1. The molecule has 0 aromatic carbocycles. The van der Waals surface area contributed by atoms with Gasteiger partial charge in [-0.15, -0.1) is 5.10 Å². The van der Waals surface area contributed by atoms with E-state index in [2.05, 4.69) is 24.9 Å². The van der Waals surface area contributed by atoms with Crippen molar-refractivity contribution in [3.8, 4) is 11.3 Å². The van der Waals surface area contributed by atoms with Gasteiger partial charge in [-0.1, -0.05) is 9.59 Å². The highest BCUT2D eigenvalue weighted by molar-refractivity contribution is 7.06. The molecular weight excluding hydrogens is 259 g/mol. The summed E-state index contributed by atoms with van der Waals surface area (Å²) in [6, 6.07) is 0. The average molecular weight is 261 g/mol. The van der Waals surface area contributed by atoms with Crippen molar-refractivity contribution in [1.82, 2.24) is 24.9 Å². The lowest BCUT2D eigenvalue weighted by Crippen LogP contribution is -2.03. The van der Waals surface area contributed by atoms with Crippen LogP contribution in [0.4, 0.5) is 13.2 Å². The number of H-pyrrole nitrogens is 1. The molecule has 0 saturated carbocycles. The summed E-state index contributed by atoms with van der Waals surface area (Å²) in [5.74, 6) is 0. The lowest BCUT2D eigenvalue weighted by atomic mass is 10.2. The Morgan fingerprint density at radius 3 is 2.88 bits per heavy atom. The molecular formula is C7H2F3N5OS. The number of aromatic amines is 1. The molecule has 3 rings (SSSR count). The second-order valence-electron chi connectivity index (χ2n) is 3.10. The number of nitrogens with one attached hydrogen (secondary N) is 1. The van der Waals surface area contributed by atoms with Crippen molar-refractivity contribution in [2.24, 2.45) is 0 Å². The molecule has 0 radical (unpaired) electrons. The predicted octanol–water partition coefficient (Wildman–Crippen LogP) is 2.09. The molecule has 0 atom stereocenters. The van der Waals surface area contributed by atoms with Crippen LogP contribution in [-0.4, -0.2) is 24.9 Å². The molecule has 0 aliphatic carbocycles. The fourth-order valence-corrected chi connectivity index (χ4v) is 1.94. The minimum absolute atomic E-state index is 0.128. The molecule has 6 nitrogen and oxygen atoms in total. The normalized spacial score (nSPS) is 12.4. The summed E-state index contributed by atoms with van der Waals surface area (Å²) in [6.07, 6.45) is -3.17. The van der Waals surface area contributed by atoms with Gasteiger partial charge < -0.3 is 9.51 Å². The Morgan fingerprint density at radius 2 is 2.12 bits per heavy atom. The Bertz CT molecular complexity index is 668. The topological polar surface area (TPSA) is 80.5 Å². The van der Waals surface area contributed by atoms with E-state index in [1.165, 1.54) is 6.20 Å². The summed E-state index contributed by atoms with van der Waals surface area (Å²) in [5.41, 5.74) is 0.252. The third kappa shape index (κ3) is 1.48. The maximum Gasteiger partial charge on any atom is 0.429 e. The summed E-state index contributed by atoms with van der Waals surface area (Å²) >= 11 is 0.283. The number of nitrogens with zero attached hydrogens (tertiary/aromatic N) is 4. The zero-order valence-electron chi connectivity index (χ0n) is 7.82. The summed E-state index contributed by atoms with van der Waals surface area (Å²) in [6.45, 7) is 0. The molecule has 3 aromatic heterocycles. The Kier molecular flexibility index (Phi) is 1.96. The van der Waals surface area contributed by atoms with Crippen LogP contribution in [0.2, 0.25) is 0 Å². The molecule has 0 amide bonds. The van der Waals surface area contributed by atoms with E-state index in [4.69, 9.17) is 4.52 Å². The van der Waals surface area contributed by atoms with E-state index in [9.17, 15) is 13.2 Å². The van der Waals surface area contributed by atoms with Crippen LogP contribution in [0.15, 0.2) is 10.7 Å². The predicted molar refractivity (Wildman–Crippen MR) is 50.1 cm³/mol. The molecule has 0 aliphatic heterocycles. The van der Waals surface area contributed by atoms with Crippen LogP contribution in [0.3, 0.4) is 0 Å². The third-order valence-electron chi connectivity index (χ3n) is 2.09. The Morgan fingerprint density at radius 1 is 1.29 bits per heavy atom. The van der Waals surface area contributed by atoms with Gasteiger partial charge in [-0.3, -0.25) is 0 Å². The van der Waals surface area contributed by atoms with Crippen molar-refractivity contribution in [3.05, 3.63) is 11.1 Å². The molecule has 1 N–H and O–H groups in total. The fraction of sp³-hybridized carbons (Fsp3) is 0.143. The van der Waals surface area contributed by atoms with Gasteiger partial charge in [-0.2, -0.15) is 13.2 Å². The first-order chi connectivity index (χ1) is 8.07. The second-order valence-corrected chi connectivity index (χ2v) is 3.86. The van der Waals surface area contributed by atoms with Gasteiger partial charge in [0, 0.05) is 11.5 Å². The van der Waals surface area contributed by atoms with E-state index in [0.717, 1.165) is 0 Å². The molecule has 0 unspecified atom stereocenters. The minimum Gasteiger partial charge on any atom is -0.341 e. The van der Waals surface area contributed by atoms with E-state index in [-0.39, 0.29) is 34.0 Å². The van der Waals surface area contributed by atoms with Gasteiger partial charge in [0.1, 0.15) is 5.69 Å². The molecule has 3 heterocycles. The second kappa shape index (κ2) is 3.26. The summed E-state index contributed by atoms with van der Waals surface area (Å²) in [5, 5.41) is 10.3. The van der Waals surface area contributed by atoms with Gasteiger partial charge >= 0.3 is 6.18 Å². The standard InChI is InChI=1S/C7H2F3N5OS/c8-7(9,10)5-3(12-15-17-5)2-1-11-6-4(2)16-14-13-6/h1,11H. The fourth-order valence-electron chi connectivity index (χ4n) is 1.40. The Balaban J connectivity index is 2.24. The molecule has 0 bridgehead atoms. The van der Waals surface area contributed by atoms with Crippen molar-refractivity contribution in [1.29, 1.82) is 0 Å². The van der Waals surface area contributed by atoms with Crippen molar-refractivity contribution in [3.63, 3.8) is 0 Å². The van der Waals surface area contributed by atoms with Crippen LogP contribution in [0, 0.1) is 0 Å². The van der Waals surface area contributed by atoms with Crippen molar-refractivity contribution >= 4 is 22.8 Å². The monoisotopic (exact) mass is 261 g/mol. The molecule has 88 valence electrons. The zero-order chi connectivity index (χ0) is 12.0. The molecule has 0 fully saturated rings. The van der Waals surface area contributed by atoms with Crippen molar-refractivity contribution in [2.75, 3.05) is 0 Å². The van der Waals surface area contributed by atoms with E-state index in [1.54, 1.807) is 0 Å². The SMILES string of the molecule is FC(F)(F)c1snnc1-c1c[nH]c2nnoc12. The molecule has 3 aromatic rings. The number of aromatic nitrogens is 5. The number of alkyl halides is 3. The number of hydrogen-bond donors (Lipinski definition) is 1. The molecule has 10 heteroatoms. The maximum absolute atomic E-state index is 12.7. The first-order valence-corrected chi connectivity index (χ1v) is 5.04. The summed E-state index contributed by atoms with van der Waals surface area (Å²) in [7, 11) is 0. The Hall–Kier alpha value is -1.97. The lowest BCUT2D eigenvalue weighted by Gasteiger charge is -2.02. The largest absolute Gasteiger partial charge is 0.429 e. The summed E-state index contributed by atoms with van der Waals surface area (Å²) < 4.78 is 46.0. The average Bonchev–Trinajstić information content (AvgIpc) is 2.90. The van der Waals surface area contributed by atoms with Crippen LogP contribution in [0.5, 0.6) is 0 Å². The number of hydrogen-bond acceptors (Lipinski definition) is 6. The van der Waals surface area contributed by atoms with E-state index in [1.807, 2.05) is 0 Å².